The zero-order valence-corrected chi connectivity index (χ0v) is 18.5. The molecule has 0 unspecified atom stereocenters. The first-order valence-electron chi connectivity index (χ1n) is 10.0. The number of amides is 1. The number of aromatic amines is 1. The summed E-state index contributed by atoms with van der Waals surface area (Å²) >= 11 is 7.89. The van der Waals surface area contributed by atoms with Crippen molar-refractivity contribution in [1.29, 1.82) is 0 Å². The van der Waals surface area contributed by atoms with E-state index in [0.717, 1.165) is 39.6 Å². The number of rotatable bonds is 6. The first-order valence-corrected chi connectivity index (χ1v) is 11.2. The summed E-state index contributed by atoms with van der Waals surface area (Å²) < 4.78 is 2.91. The maximum absolute atomic E-state index is 13.7. The summed E-state index contributed by atoms with van der Waals surface area (Å²) in [5.74, 6) is -0.0732. The summed E-state index contributed by atoms with van der Waals surface area (Å²) in [7, 11) is 0. The maximum Gasteiger partial charge on any atom is 0.262 e. The molecule has 2 aromatic carbocycles. The lowest BCUT2D eigenvalue weighted by Crippen LogP contribution is -2.32. The van der Waals surface area contributed by atoms with Gasteiger partial charge in [0, 0.05) is 42.6 Å². The monoisotopic (exact) mass is 449 g/mol. The third-order valence-corrected chi connectivity index (χ3v) is 6.88. The summed E-state index contributed by atoms with van der Waals surface area (Å²) in [6.45, 7) is 3.31. The second kappa shape index (κ2) is 8.17. The van der Waals surface area contributed by atoms with Crippen LogP contribution < -0.4 is 4.90 Å². The van der Waals surface area contributed by atoms with Crippen LogP contribution in [-0.4, -0.2) is 32.0 Å². The molecule has 8 heteroatoms. The fourth-order valence-corrected chi connectivity index (χ4v) is 5.06. The van der Waals surface area contributed by atoms with Crippen molar-refractivity contribution < 1.29 is 4.79 Å². The topological polar surface area (TPSA) is 66.8 Å². The van der Waals surface area contributed by atoms with E-state index in [1.54, 1.807) is 23.6 Å². The van der Waals surface area contributed by atoms with Gasteiger partial charge in [-0.3, -0.25) is 9.69 Å². The number of para-hydroxylation sites is 1. The Labute approximate surface area is 188 Å². The highest BCUT2D eigenvalue weighted by Gasteiger charge is 2.24. The summed E-state index contributed by atoms with van der Waals surface area (Å²) in [4.78, 5) is 27.6. The molecule has 0 radical (unpaired) electrons. The number of aryl methyl sites for hydroxylation is 2. The molecule has 0 spiro atoms. The minimum absolute atomic E-state index is 0.0732. The standard InChI is InChI=1S/C23H20ClN5OS/c1-15-7-8-18(24)21-20(15)27-23(31-21)29(11-4-10-28-12-9-25-14-28)22(30)17-13-26-19-6-3-2-5-16(17)19/h2-3,5-9,12-14,26H,4,10-11H2,1H3. The third-order valence-electron chi connectivity index (χ3n) is 5.34. The Balaban J connectivity index is 1.53. The number of hydrogen-bond donors (Lipinski definition) is 1. The van der Waals surface area contributed by atoms with Crippen LogP contribution in [0.3, 0.4) is 0 Å². The smallest absolute Gasteiger partial charge is 0.262 e. The molecule has 1 N–H and O–H groups in total. The molecule has 1 amide bonds. The molecule has 0 aliphatic heterocycles. The van der Waals surface area contributed by atoms with E-state index in [1.165, 1.54) is 11.3 Å². The van der Waals surface area contributed by atoms with Gasteiger partial charge < -0.3 is 9.55 Å². The molecule has 31 heavy (non-hydrogen) atoms. The van der Waals surface area contributed by atoms with Crippen molar-refractivity contribution in [3.8, 4) is 0 Å². The lowest BCUT2D eigenvalue weighted by Gasteiger charge is -2.19. The number of fused-ring (bicyclic) bond motifs is 2. The van der Waals surface area contributed by atoms with Crippen molar-refractivity contribution in [2.75, 3.05) is 11.4 Å². The second-order valence-electron chi connectivity index (χ2n) is 7.40. The van der Waals surface area contributed by atoms with Gasteiger partial charge in [-0.15, -0.1) is 0 Å². The number of aromatic nitrogens is 4. The van der Waals surface area contributed by atoms with Gasteiger partial charge in [-0.25, -0.2) is 9.97 Å². The molecule has 0 aliphatic rings. The van der Waals surface area contributed by atoms with Crippen molar-refractivity contribution in [1.82, 2.24) is 19.5 Å². The van der Waals surface area contributed by atoms with Gasteiger partial charge in [0.25, 0.3) is 5.91 Å². The van der Waals surface area contributed by atoms with E-state index in [9.17, 15) is 4.79 Å². The molecule has 0 atom stereocenters. The number of hydrogen-bond acceptors (Lipinski definition) is 4. The predicted molar refractivity (Wildman–Crippen MR) is 126 cm³/mol. The number of carbonyl (C=O) groups excluding carboxylic acids is 1. The van der Waals surface area contributed by atoms with E-state index in [-0.39, 0.29) is 5.91 Å². The molecule has 0 fully saturated rings. The molecule has 5 rings (SSSR count). The van der Waals surface area contributed by atoms with Gasteiger partial charge in [0.15, 0.2) is 5.13 Å². The molecular formula is C23H20ClN5OS. The van der Waals surface area contributed by atoms with Gasteiger partial charge in [0.05, 0.1) is 27.1 Å². The van der Waals surface area contributed by atoms with E-state index in [1.807, 2.05) is 54.1 Å². The number of imidazole rings is 1. The summed E-state index contributed by atoms with van der Waals surface area (Å²) in [6, 6.07) is 11.7. The van der Waals surface area contributed by atoms with Gasteiger partial charge >= 0.3 is 0 Å². The minimum atomic E-state index is -0.0732. The lowest BCUT2D eigenvalue weighted by atomic mass is 10.1. The normalized spacial score (nSPS) is 11.4. The average molecular weight is 450 g/mol. The Morgan fingerprint density at radius 1 is 1.26 bits per heavy atom. The van der Waals surface area contributed by atoms with Gasteiger partial charge in [-0.05, 0) is 31.0 Å². The van der Waals surface area contributed by atoms with Crippen LogP contribution >= 0.6 is 22.9 Å². The van der Waals surface area contributed by atoms with Crippen molar-refractivity contribution in [2.45, 2.75) is 19.9 Å². The maximum atomic E-state index is 13.7. The highest BCUT2D eigenvalue weighted by molar-refractivity contribution is 7.23. The number of anilines is 1. The number of H-pyrrole nitrogens is 1. The zero-order chi connectivity index (χ0) is 21.4. The molecule has 0 aliphatic carbocycles. The number of benzene rings is 2. The number of thiazole rings is 1. The largest absolute Gasteiger partial charge is 0.360 e. The van der Waals surface area contributed by atoms with E-state index >= 15 is 0 Å². The van der Waals surface area contributed by atoms with Gasteiger partial charge in [-0.2, -0.15) is 0 Å². The quantitative estimate of drug-likeness (QED) is 0.363. The average Bonchev–Trinajstić information content (AvgIpc) is 3.53. The SMILES string of the molecule is Cc1ccc(Cl)c2sc(N(CCCn3ccnc3)C(=O)c3c[nH]c4ccccc34)nc12. The lowest BCUT2D eigenvalue weighted by molar-refractivity contribution is 0.0988. The molecule has 0 bridgehead atoms. The van der Waals surface area contributed by atoms with E-state index in [2.05, 4.69) is 9.97 Å². The predicted octanol–water partition coefficient (Wildman–Crippen LogP) is 5.67. The fraction of sp³-hybridized carbons (Fsp3) is 0.174. The van der Waals surface area contributed by atoms with Crippen molar-refractivity contribution >= 4 is 55.1 Å². The first-order chi connectivity index (χ1) is 15.1. The molecule has 3 heterocycles. The minimum Gasteiger partial charge on any atom is -0.360 e. The van der Waals surface area contributed by atoms with E-state index < -0.39 is 0 Å². The highest BCUT2D eigenvalue weighted by atomic mass is 35.5. The van der Waals surface area contributed by atoms with Crippen LogP contribution in [0.15, 0.2) is 61.3 Å². The second-order valence-corrected chi connectivity index (χ2v) is 8.78. The van der Waals surface area contributed by atoms with Crippen LogP contribution in [0.4, 0.5) is 5.13 Å². The van der Waals surface area contributed by atoms with Crippen LogP contribution in [-0.2, 0) is 6.54 Å². The fourth-order valence-electron chi connectivity index (χ4n) is 3.71. The van der Waals surface area contributed by atoms with Gasteiger partial charge in [0.1, 0.15) is 0 Å². The van der Waals surface area contributed by atoms with Gasteiger partial charge in [-0.1, -0.05) is 47.2 Å². The number of nitrogens with one attached hydrogen (secondary N) is 1. The Bertz CT molecular complexity index is 1330. The third kappa shape index (κ3) is 3.71. The molecule has 6 nitrogen and oxygen atoms in total. The Hall–Kier alpha value is -3.16. The van der Waals surface area contributed by atoms with Crippen LogP contribution in [0.5, 0.6) is 0 Å². The molecule has 0 saturated heterocycles. The van der Waals surface area contributed by atoms with Crippen molar-refractivity contribution in [3.63, 3.8) is 0 Å². The summed E-state index contributed by atoms with van der Waals surface area (Å²) in [5, 5.41) is 2.22. The zero-order valence-electron chi connectivity index (χ0n) is 16.9. The Morgan fingerprint density at radius 3 is 2.94 bits per heavy atom. The van der Waals surface area contributed by atoms with Gasteiger partial charge in [0.2, 0.25) is 0 Å². The Kier molecular flexibility index (Phi) is 5.21. The number of halogens is 1. The first kappa shape index (κ1) is 19.8. The molecule has 3 aromatic heterocycles. The van der Waals surface area contributed by atoms with Crippen LogP contribution in [0.1, 0.15) is 22.3 Å². The number of carbonyl (C=O) groups is 1. The van der Waals surface area contributed by atoms with Crippen molar-refractivity contribution in [3.05, 3.63) is 77.5 Å². The molecular weight excluding hydrogens is 430 g/mol. The van der Waals surface area contributed by atoms with Crippen LogP contribution in [0.2, 0.25) is 5.02 Å². The van der Waals surface area contributed by atoms with Crippen molar-refractivity contribution in [2.24, 2.45) is 0 Å². The van der Waals surface area contributed by atoms with E-state index in [0.29, 0.717) is 22.3 Å². The van der Waals surface area contributed by atoms with E-state index in [4.69, 9.17) is 16.6 Å². The molecule has 0 saturated carbocycles. The molecule has 156 valence electrons. The number of nitrogens with zero attached hydrogens (tertiary/aromatic N) is 4. The highest BCUT2D eigenvalue weighted by Crippen LogP contribution is 2.36. The summed E-state index contributed by atoms with van der Waals surface area (Å²) in [5.41, 5.74) is 3.46. The van der Waals surface area contributed by atoms with Crippen LogP contribution in [0.25, 0.3) is 21.1 Å². The van der Waals surface area contributed by atoms with Crippen LogP contribution in [0, 0.1) is 6.92 Å². The Morgan fingerprint density at radius 2 is 2.13 bits per heavy atom. The molecule has 5 aromatic rings. The summed E-state index contributed by atoms with van der Waals surface area (Å²) in [6.07, 6.45) is 8.01.